The summed E-state index contributed by atoms with van der Waals surface area (Å²) in [6.07, 6.45) is -0.0751. The molecule has 0 unspecified atom stereocenters. The first-order chi connectivity index (χ1) is 15.3. The van der Waals surface area contributed by atoms with Crippen LogP contribution in [0.2, 0.25) is 0 Å². The Hall–Kier alpha value is -3.19. The van der Waals surface area contributed by atoms with Gasteiger partial charge in [-0.3, -0.25) is 9.59 Å². The van der Waals surface area contributed by atoms with Gasteiger partial charge in [-0.2, -0.15) is 0 Å². The number of amides is 2. The Morgan fingerprint density at radius 2 is 1.34 bits per heavy atom. The van der Waals surface area contributed by atoms with E-state index in [0.717, 1.165) is 11.1 Å². The van der Waals surface area contributed by atoms with E-state index in [2.05, 4.69) is 10.6 Å². The number of aliphatic hydroxyl groups is 1. The van der Waals surface area contributed by atoms with Crippen LogP contribution < -0.4 is 10.6 Å². The Balaban J connectivity index is 1.99. The van der Waals surface area contributed by atoms with Gasteiger partial charge in [0.1, 0.15) is 18.2 Å². The molecule has 0 fully saturated rings. The summed E-state index contributed by atoms with van der Waals surface area (Å²) in [6, 6.07) is 16.4. The smallest absolute Gasteiger partial charge is 0.326 e. The minimum absolute atomic E-state index is 0.0740. The number of nitrogens with one attached hydrogen (secondary N) is 2. The van der Waals surface area contributed by atoms with Crippen molar-refractivity contribution in [2.75, 3.05) is 0 Å². The molecule has 0 bridgehead atoms. The highest BCUT2D eigenvalue weighted by Crippen LogP contribution is 2.10. The molecule has 0 saturated heterocycles. The van der Waals surface area contributed by atoms with E-state index in [4.69, 9.17) is 0 Å². The fourth-order valence-corrected chi connectivity index (χ4v) is 3.37. The zero-order valence-electron chi connectivity index (χ0n) is 18.5. The molecule has 0 aliphatic heterocycles. The van der Waals surface area contributed by atoms with Crippen molar-refractivity contribution in [3.8, 4) is 0 Å². The second-order valence-corrected chi connectivity index (χ2v) is 8.32. The van der Waals surface area contributed by atoms with Crippen LogP contribution >= 0.6 is 0 Å². The van der Waals surface area contributed by atoms with Crippen molar-refractivity contribution in [1.29, 1.82) is 0 Å². The van der Waals surface area contributed by atoms with E-state index >= 15 is 0 Å². The SMILES string of the molecule is CC(C)C[C@H](NC(=O)[C@@H](O)CCc1ccccc1)C(=O)N[C@@H](Cc1ccccc1)C(=O)O. The van der Waals surface area contributed by atoms with Crippen LogP contribution in [0.3, 0.4) is 0 Å². The van der Waals surface area contributed by atoms with Gasteiger partial charge in [-0.15, -0.1) is 0 Å². The Kier molecular flexibility index (Phi) is 9.88. The summed E-state index contributed by atoms with van der Waals surface area (Å²) in [4.78, 5) is 37.1. The van der Waals surface area contributed by atoms with Crippen LogP contribution in [0.4, 0.5) is 0 Å². The predicted molar refractivity (Wildman–Crippen MR) is 122 cm³/mol. The monoisotopic (exact) mass is 440 g/mol. The first-order valence-electron chi connectivity index (χ1n) is 10.9. The van der Waals surface area contributed by atoms with Crippen LogP contribution in [0.25, 0.3) is 0 Å². The van der Waals surface area contributed by atoms with E-state index in [1.54, 1.807) is 24.3 Å². The van der Waals surface area contributed by atoms with E-state index in [1.165, 1.54) is 0 Å². The van der Waals surface area contributed by atoms with Crippen LogP contribution in [0.1, 0.15) is 37.8 Å². The summed E-state index contributed by atoms with van der Waals surface area (Å²) >= 11 is 0. The number of hydrogen-bond donors (Lipinski definition) is 4. The third-order valence-corrected chi connectivity index (χ3v) is 5.09. The van der Waals surface area contributed by atoms with Crippen LogP contribution in [-0.2, 0) is 27.2 Å². The number of aliphatic hydroxyl groups excluding tert-OH is 1. The fourth-order valence-electron chi connectivity index (χ4n) is 3.37. The normalized spacial score (nSPS) is 13.8. The number of carbonyl (C=O) groups is 3. The van der Waals surface area contributed by atoms with Crippen LogP contribution in [0.15, 0.2) is 60.7 Å². The average Bonchev–Trinajstić information content (AvgIpc) is 2.77. The number of carbonyl (C=O) groups excluding carboxylic acids is 2. The van der Waals surface area contributed by atoms with Crippen molar-refractivity contribution < 1.29 is 24.6 Å². The highest BCUT2D eigenvalue weighted by Gasteiger charge is 2.29. The van der Waals surface area contributed by atoms with Crippen molar-refractivity contribution in [2.24, 2.45) is 5.92 Å². The standard InChI is InChI=1S/C25H32N2O5/c1-17(2)15-20(26-24(30)22(28)14-13-18-9-5-3-6-10-18)23(29)27-21(25(31)32)16-19-11-7-4-8-12-19/h3-12,17,20-22,28H,13-16H2,1-2H3,(H,26,30)(H,27,29)(H,31,32)/t20-,21-,22-/m0/s1. The quantitative estimate of drug-likeness (QED) is 0.404. The second kappa shape index (κ2) is 12.6. The maximum atomic E-state index is 12.9. The molecule has 0 spiro atoms. The lowest BCUT2D eigenvalue weighted by Gasteiger charge is -2.24. The summed E-state index contributed by atoms with van der Waals surface area (Å²) in [7, 11) is 0. The highest BCUT2D eigenvalue weighted by molar-refractivity contribution is 5.91. The van der Waals surface area contributed by atoms with Gasteiger partial charge in [-0.1, -0.05) is 74.5 Å². The van der Waals surface area contributed by atoms with E-state index < -0.39 is 36.0 Å². The number of benzene rings is 2. The molecular weight excluding hydrogens is 408 g/mol. The Bertz CT molecular complexity index is 870. The van der Waals surface area contributed by atoms with Crippen LogP contribution in [0, 0.1) is 5.92 Å². The van der Waals surface area contributed by atoms with Gasteiger partial charge in [0.05, 0.1) is 0 Å². The molecule has 172 valence electrons. The van der Waals surface area contributed by atoms with Crippen molar-refractivity contribution in [1.82, 2.24) is 10.6 Å². The third kappa shape index (κ3) is 8.51. The van der Waals surface area contributed by atoms with Crippen molar-refractivity contribution in [3.05, 3.63) is 71.8 Å². The van der Waals surface area contributed by atoms with Crippen molar-refractivity contribution in [2.45, 2.75) is 57.7 Å². The Morgan fingerprint density at radius 3 is 1.88 bits per heavy atom. The molecule has 7 heteroatoms. The predicted octanol–water partition coefficient (Wildman–Crippen LogP) is 2.32. The summed E-state index contributed by atoms with van der Waals surface area (Å²) < 4.78 is 0. The zero-order chi connectivity index (χ0) is 23.5. The van der Waals surface area contributed by atoms with E-state index in [1.807, 2.05) is 50.2 Å². The maximum Gasteiger partial charge on any atom is 0.326 e. The lowest BCUT2D eigenvalue weighted by molar-refractivity contribution is -0.142. The summed E-state index contributed by atoms with van der Waals surface area (Å²) in [5.74, 6) is -2.30. The van der Waals surface area contributed by atoms with Crippen molar-refractivity contribution >= 4 is 17.8 Å². The molecule has 0 aliphatic rings. The molecule has 3 atom stereocenters. The van der Waals surface area contributed by atoms with Crippen LogP contribution in [-0.4, -0.2) is 46.2 Å². The molecule has 4 N–H and O–H groups in total. The minimum Gasteiger partial charge on any atom is -0.480 e. The number of hydrogen-bond acceptors (Lipinski definition) is 4. The van der Waals surface area contributed by atoms with Gasteiger partial charge in [-0.05, 0) is 36.3 Å². The molecule has 32 heavy (non-hydrogen) atoms. The highest BCUT2D eigenvalue weighted by atomic mass is 16.4. The molecule has 0 aliphatic carbocycles. The molecular formula is C25H32N2O5. The third-order valence-electron chi connectivity index (χ3n) is 5.09. The first kappa shape index (κ1) is 25.1. The van der Waals surface area contributed by atoms with Gasteiger partial charge in [0.25, 0.3) is 0 Å². The van der Waals surface area contributed by atoms with Gasteiger partial charge in [0.15, 0.2) is 0 Å². The number of carboxylic acid groups (broad SMARTS) is 1. The summed E-state index contributed by atoms with van der Waals surface area (Å²) in [5, 5.41) is 25.0. The van der Waals surface area contributed by atoms with E-state index in [0.29, 0.717) is 12.8 Å². The van der Waals surface area contributed by atoms with E-state index in [9.17, 15) is 24.6 Å². The van der Waals surface area contributed by atoms with Crippen molar-refractivity contribution in [3.63, 3.8) is 0 Å². The number of aryl methyl sites for hydroxylation is 1. The molecule has 2 amide bonds. The molecule has 0 saturated carbocycles. The minimum atomic E-state index is -1.27. The van der Waals surface area contributed by atoms with E-state index in [-0.39, 0.29) is 18.8 Å². The molecule has 0 heterocycles. The molecule has 0 radical (unpaired) electrons. The number of rotatable bonds is 12. The molecule has 0 aromatic heterocycles. The summed E-state index contributed by atoms with van der Waals surface area (Å²) in [6.45, 7) is 3.80. The molecule has 7 nitrogen and oxygen atoms in total. The molecule has 2 aromatic carbocycles. The second-order valence-electron chi connectivity index (χ2n) is 8.32. The molecule has 2 aromatic rings. The van der Waals surface area contributed by atoms with Gasteiger partial charge in [0.2, 0.25) is 11.8 Å². The Labute approximate surface area is 188 Å². The number of aliphatic carboxylic acids is 1. The topological polar surface area (TPSA) is 116 Å². The zero-order valence-corrected chi connectivity index (χ0v) is 18.5. The Morgan fingerprint density at radius 1 is 0.812 bits per heavy atom. The maximum absolute atomic E-state index is 12.9. The van der Waals surface area contributed by atoms with Gasteiger partial charge in [-0.25, -0.2) is 4.79 Å². The fraction of sp³-hybridized carbons (Fsp3) is 0.400. The van der Waals surface area contributed by atoms with Gasteiger partial charge < -0.3 is 20.8 Å². The molecule has 2 rings (SSSR count). The lowest BCUT2D eigenvalue weighted by atomic mass is 10.0. The summed E-state index contributed by atoms with van der Waals surface area (Å²) in [5.41, 5.74) is 1.78. The lowest BCUT2D eigenvalue weighted by Crippen LogP contribution is -2.54. The largest absolute Gasteiger partial charge is 0.480 e. The van der Waals surface area contributed by atoms with Gasteiger partial charge >= 0.3 is 5.97 Å². The van der Waals surface area contributed by atoms with Gasteiger partial charge in [0, 0.05) is 6.42 Å². The average molecular weight is 441 g/mol. The van der Waals surface area contributed by atoms with Crippen LogP contribution in [0.5, 0.6) is 0 Å². The first-order valence-corrected chi connectivity index (χ1v) is 10.9. The number of carboxylic acids is 1.